The Balaban J connectivity index is 1.42. The average molecular weight is 449 g/mol. The first kappa shape index (κ1) is 21.5. The minimum absolute atomic E-state index is 0.0379. The maximum absolute atomic E-state index is 12.1. The molecule has 2 aliphatic rings. The van der Waals surface area contributed by atoms with Crippen LogP contribution in [-0.2, 0) is 4.79 Å². The molecule has 2 saturated heterocycles. The molecule has 1 atom stereocenters. The fourth-order valence-corrected chi connectivity index (χ4v) is 4.26. The van der Waals surface area contributed by atoms with Crippen molar-refractivity contribution in [3.63, 3.8) is 0 Å². The maximum Gasteiger partial charge on any atom is 0.241 e. The number of nitrogens with zero attached hydrogens (tertiary/aromatic N) is 6. The molecule has 2 fully saturated rings. The van der Waals surface area contributed by atoms with Gasteiger partial charge in [-0.25, -0.2) is 19.9 Å². The molecule has 3 aromatic rings. The molecule has 0 aromatic carbocycles. The molecule has 0 spiro atoms. The summed E-state index contributed by atoms with van der Waals surface area (Å²) in [6, 6.07) is 5.53. The minimum Gasteiger partial charge on any atom is -0.387 e. The summed E-state index contributed by atoms with van der Waals surface area (Å²) >= 11 is 0. The Morgan fingerprint density at radius 3 is 2.67 bits per heavy atom. The topological polar surface area (TPSA) is 119 Å². The molecule has 0 aliphatic carbocycles. The van der Waals surface area contributed by atoms with Gasteiger partial charge in [0, 0.05) is 37.8 Å². The number of rotatable bonds is 5. The maximum atomic E-state index is 12.1. The molecule has 3 N–H and O–H groups in total. The van der Waals surface area contributed by atoms with Crippen LogP contribution in [0.3, 0.4) is 0 Å². The van der Waals surface area contributed by atoms with E-state index in [4.69, 9.17) is 9.97 Å². The summed E-state index contributed by atoms with van der Waals surface area (Å²) < 4.78 is 0. The zero-order valence-corrected chi connectivity index (χ0v) is 18.7. The molecular formula is C23H28N8O2. The number of aromatic nitrogens is 4. The third kappa shape index (κ3) is 4.57. The van der Waals surface area contributed by atoms with E-state index >= 15 is 0 Å². The van der Waals surface area contributed by atoms with Gasteiger partial charge in [-0.05, 0) is 44.4 Å². The highest BCUT2D eigenvalue weighted by Crippen LogP contribution is 2.29. The van der Waals surface area contributed by atoms with Crippen molar-refractivity contribution in [1.29, 1.82) is 0 Å². The first-order chi connectivity index (χ1) is 16.1. The number of aliphatic hydroxyl groups is 1. The summed E-state index contributed by atoms with van der Waals surface area (Å²) in [7, 11) is 0. The van der Waals surface area contributed by atoms with Gasteiger partial charge in [-0.15, -0.1) is 0 Å². The highest BCUT2D eigenvalue weighted by atomic mass is 16.3. The second-order valence-electron chi connectivity index (χ2n) is 8.47. The van der Waals surface area contributed by atoms with Crippen LogP contribution in [0.5, 0.6) is 0 Å². The zero-order chi connectivity index (χ0) is 22.8. The molecule has 3 aromatic heterocycles. The first-order valence-electron chi connectivity index (χ1n) is 11.4. The van der Waals surface area contributed by atoms with Crippen molar-refractivity contribution < 1.29 is 9.90 Å². The highest BCUT2D eigenvalue weighted by molar-refractivity contribution is 5.95. The van der Waals surface area contributed by atoms with Crippen LogP contribution >= 0.6 is 0 Å². The fourth-order valence-electron chi connectivity index (χ4n) is 4.26. The van der Waals surface area contributed by atoms with Crippen molar-refractivity contribution >= 4 is 40.1 Å². The number of aliphatic hydroxyl groups excluding tert-OH is 1. The number of piperazine rings is 1. The Hall–Kier alpha value is -3.37. The minimum atomic E-state index is -0.666. The monoisotopic (exact) mass is 448 g/mol. The normalized spacial score (nSPS) is 17.9. The second kappa shape index (κ2) is 9.24. The van der Waals surface area contributed by atoms with E-state index in [0.717, 1.165) is 54.9 Å². The molecule has 5 rings (SSSR count). The number of carbonyl (C=O) groups excluding carboxylic acids is 1. The summed E-state index contributed by atoms with van der Waals surface area (Å²) in [4.78, 5) is 34.5. The Kier molecular flexibility index (Phi) is 6.01. The van der Waals surface area contributed by atoms with Crippen molar-refractivity contribution in [1.82, 2.24) is 25.3 Å². The molecule has 33 heavy (non-hydrogen) atoms. The average Bonchev–Trinajstić information content (AvgIpc) is 2.85. The predicted octanol–water partition coefficient (Wildman–Crippen LogP) is 2.14. The smallest absolute Gasteiger partial charge is 0.241 e. The quantitative estimate of drug-likeness (QED) is 0.539. The Bertz CT molecular complexity index is 1150. The van der Waals surface area contributed by atoms with Gasteiger partial charge in [-0.1, -0.05) is 0 Å². The van der Waals surface area contributed by atoms with Crippen molar-refractivity contribution in [3.8, 4) is 0 Å². The number of hydrogen-bond donors (Lipinski definition) is 3. The number of fused-ring (bicyclic) bond motifs is 1. The number of hydrogen-bond acceptors (Lipinski definition) is 9. The van der Waals surface area contributed by atoms with Crippen LogP contribution in [0.15, 0.2) is 30.6 Å². The van der Waals surface area contributed by atoms with E-state index in [1.165, 1.54) is 6.42 Å². The van der Waals surface area contributed by atoms with Gasteiger partial charge >= 0.3 is 0 Å². The summed E-state index contributed by atoms with van der Waals surface area (Å²) in [5.41, 5.74) is 2.14. The molecule has 1 unspecified atom stereocenters. The molecular weight excluding hydrogens is 420 g/mol. The number of carbonyl (C=O) groups is 1. The molecule has 0 saturated carbocycles. The summed E-state index contributed by atoms with van der Waals surface area (Å²) in [5, 5.41) is 17.2. The molecule has 0 bridgehead atoms. The molecule has 2 aliphatic heterocycles. The van der Waals surface area contributed by atoms with Crippen molar-refractivity contribution in [2.45, 2.75) is 32.3 Å². The number of pyridine rings is 2. The molecule has 172 valence electrons. The van der Waals surface area contributed by atoms with Crippen LogP contribution in [0, 0.1) is 0 Å². The lowest BCUT2D eigenvalue weighted by Crippen LogP contribution is -2.48. The van der Waals surface area contributed by atoms with Gasteiger partial charge in [0.2, 0.25) is 11.9 Å². The molecule has 1 amide bonds. The summed E-state index contributed by atoms with van der Waals surface area (Å²) in [5.74, 6) is 1.84. The number of anilines is 4. The van der Waals surface area contributed by atoms with E-state index in [0.29, 0.717) is 30.5 Å². The van der Waals surface area contributed by atoms with Gasteiger partial charge < -0.3 is 25.5 Å². The van der Waals surface area contributed by atoms with E-state index in [2.05, 4.69) is 25.5 Å². The standard InChI is InChI=1S/C23H28N8O2/c1-15(32)18-11-16-12-26-23(29-21(16)22(27-18)30-8-3-2-4-9-30)28-19-6-5-17(13-25-19)31-10-7-24-14-20(31)33/h5-6,11-13,15,24,32H,2-4,7-10,14H2,1H3,(H,25,26,28,29). The number of nitrogens with one attached hydrogen (secondary N) is 2. The third-order valence-corrected chi connectivity index (χ3v) is 6.04. The van der Waals surface area contributed by atoms with Crippen molar-refractivity contribution in [3.05, 3.63) is 36.3 Å². The van der Waals surface area contributed by atoms with E-state index in [9.17, 15) is 9.90 Å². The lowest BCUT2D eigenvalue weighted by atomic mass is 10.1. The van der Waals surface area contributed by atoms with Crippen molar-refractivity contribution in [2.75, 3.05) is 47.8 Å². The van der Waals surface area contributed by atoms with E-state index in [1.807, 2.05) is 18.2 Å². The fraction of sp³-hybridized carbons (Fsp3) is 0.435. The lowest BCUT2D eigenvalue weighted by molar-refractivity contribution is -0.118. The van der Waals surface area contributed by atoms with Crippen LogP contribution in [-0.4, -0.2) is 63.7 Å². The lowest BCUT2D eigenvalue weighted by Gasteiger charge is -2.29. The van der Waals surface area contributed by atoms with Gasteiger partial charge in [-0.2, -0.15) is 0 Å². The second-order valence-corrected chi connectivity index (χ2v) is 8.47. The largest absolute Gasteiger partial charge is 0.387 e. The number of amides is 1. The summed E-state index contributed by atoms with van der Waals surface area (Å²) in [6.45, 7) is 5.30. The van der Waals surface area contributed by atoms with Gasteiger partial charge in [0.1, 0.15) is 11.3 Å². The van der Waals surface area contributed by atoms with Crippen LogP contribution in [0.2, 0.25) is 0 Å². The van der Waals surface area contributed by atoms with E-state index < -0.39 is 6.10 Å². The first-order valence-corrected chi connectivity index (χ1v) is 11.4. The highest BCUT2D eigenvalue weighted by Gasteiger charge is 2.21. The van der Waals surface area contributed by atoms with Gasteiger partial charge in [0.05, 0.1) is 30.2 Å². The Morgan fingerprint density at radius 2 is 1.94 bits per heavy atom. The third-order valence-electron chi connectivity index (χ3n) is 6.04. The number of piperidine rings is 1. The van der Waals surface area contributed by atoms with E-state index in [-0.39, 0.29) is 5.91 Å². The molecule has 10 nitrogen and oxygen atoms in total. The Labute approximate surface area is 192 Å². The van der Waals surface area contributed by atoms with Crippen molar-refractivity contribution in [2.24, 2.45) is 0 Å². The predicted molar refractivity (Wildman–Crippen MR) is 127 cm³/mol. The van der Waals surface area contributed by atoms with Crippen LogP contribution < -0.4 is 20.4 Å². The SMILES string of the molecule is CC(O)c1cc2cnc(Nc3ccc(N4CCNCC4=O)cn3)nc2c(N2CCCCC2)n1. The van der Waals surface area contributed by atoms with Gasteiger partial charge in [0.25, 0.3) is 0 Å². The van der Waals surface area contributed by atoms with Crippen LogP contribution in [0.4, 0.5) is 23.3 Å². The molecule has 5 heterocycles. The summed E-state index contributed by atoms with van der Waals surface area (Å²) in [6.07, 6.45) is 6.21. The van der Waals surface area contributed by atoms with Crippen LogP contribution in [0.25, 0.3) is 10.9 Å². The molecule has 0 radical (unpaired) electrons. The van der Waals surface area contributed by atoms with E-state index in [1.54, 1.807) is 24.2 Å². The van der Waals surface area contributed by atoms with Gasteiger partial charge in [0.15, 0.2) is 5.82 Å². The Morgan fingerprint density at radius 1 is 1.09 bits per heavy atom. The molecule has 10 heteroatoms. The van der Waals surface area contributed by atoms with Gasteiger partial charge in [-0.3, -0.25) is 4.79 Å². The van der Waals surface area contributed by atoms with Crippen LogP contribution in [0.1, 0.15) is 38.0 Å². The zero-order valence-electron chi connectivity index (χ0n) is 18.7.